The fraction of sp³-hybridized carbons (Fsp3) is 0.0800. The van der Waals surface area contributed by atoms with Gasteiger partial charge >= 0.3 is 5.97 Å². The molecular weight excluding hydrogens is 497 g/mol. The van der Waals surface area contributed by atoms with Crippen molar-refractivity contribution < 1.29 is 23.9 Å². The SMILES string of the molecule is COc1cc(/C=C2\SC(=O)N(Cc3ccccc3Cl)C2=O)ccc1OC(=O)c1ccc(Cl)cc1. The van der Waals surface area contributed by atoms with E-state index in [1.807, 2.05) is 0 Å². The standard InChI is InChI=1S/C25H17Cl2NO5S/c1-32-21-12-15(6-11-20(21)33-24(30)16-7-9-18(26)10-8-16)13-22-23(29)28(25(31)34-22)14-17-4-2-3-5-19(17)27/h2-13H,14H2,1H3/b22-13-. The van der Waals surface area contributed by atoms with Crippen LogP contribution in [0.15, 0.2) is 71.6 Å². The van der Waals surface area contributed by atoms with Crippen LogP contribution in [0.5, 0.6) is 11.5 Å². The van der Waals surface area contributed by atoms with E-state index in [4.69, 9.17) is 32.7 Å². The largest absolute Gasteiger partial charge is 0.493 e. The fourth-order valence-electron chi connectivity index (χ4n) is 3.19. The van der Waals surface area contributed by atoms with E-state index in [2.05, 4.69) is 0 Å². The Balaban J connectivity index is 1.52. The van der Waals surface area contributed by atoms with Crippen molar-refractivity contribution in [3.8, 4) is 11.5 Å². The molecule has 0 spiro atoms. The first-order valence-corrected chi connectivity index (χ1v) is 11.6. The lowest BCUT2D eigenvalue weighted by Crippen LogP contribution is -2.27. The number of nitrogens with zero attached hydrogens (tertiary/aromatic N) is 1. The zero-order valence-corrected chi connectivity index (χ0v) is 20.1. The average molecular weight is 514 g/mol. The van der Waals surface area contributed by atoms with E-state index in [1.165, 1.54) is 7.11 Å². The lowest BCUT2D eigenvalue weighted by molar-refractivity contribution is -0.123. The third-order valence-corrected chi connectivity index (χ3v) is 6.46. The van der Waals surface area contributed by atoms with Crippen LogP contribution in [0.2, 0.25) is 10.0 Å². The first-order valence-electron chi connectivity index (χ1n) is 10.0. The minimum Gasteiger partial charge on any atom is -0.493 e. The molecule has 1 saturated heterocycles. The Labute approximate surface area is 210 Å². The molecule has 0 atom stereocenters. The summed E-state index contributed by atoms with van der Waals surface area (Å²) >= 11 is 12.9. The van der Waals surface area contributed by atoms with Crippen molar-refractivity contribution in [2.45, 2.75) is 6.54 Å². The second-order valence-corrected chi connectivity index (χ2v) is 9.00. The third kappa shape index (κ3) is 5.28. The monoisotopic (exact) mass is 513 g/mol. The number of thioether (sulfide) groups is 1. The predicted octanol–water partition coefficient (Wildman–Crippen LogP) is 6.46. The number of ether oxygens (including phenoxy) is 2. The van der Waals surface area contributed by atoms with Crippen LogP contribution in [-0.2, 0) is 11.3 Å². The van der Waals surface area contributed by atoms with Crippen LogP contribution < -0.4 is 9.47 Å². The van der Waals surface area contributed by atoms with Gasteiger partial charge in [-0.1, -0.05) is 47.5 Å². The molecule has 4 rings (SSSR count). The highest BCUT2D eigenvalue weighted by atomic mass is 35.5. The lowest BCUT2D eigenvalue weighted by atomic mass is 10.1. The van der Waals surface area contributed by atoms with Crippen LogP contribution in [0.3, 0.4) is 0 Å². The molecule has 0 bridgehead atoms. The van der Waals surface area contributed by atoms with Crippen molar-refractivity contribution in [3.63, 3.8) is 0 Å². The van der Waals surface area contributed by atoms with Gasteiger partial charge in [0.2, 0.25) is 0 Å². The lowest BCUT2D eigenvalue weighted by Gasteiger charge is -2.13. The maximum atomic E-state index is 12.8. The smallest absolute Gasteiger partial charge is 0.343 e. The van der Waals surface area contributed by atoms with E-state index in [0.29, 0.717) is 32.5 Å². The Hall–Kier alpha value is -3.26. The Bertz CT molecular complexity index is 1310. The van der Waals surface area contributed by atoms with Gasteiger partial charge in [0.1, 0.15) is 0 Å². The van der Waals surface area contributed by atoms with Gasteiger partial charge in [-0.05, 0) is 71.4 Å². The van der Waals surface area contributed by atoms with Gasteiger partial charge in [0.05, 0.1) is 24.1 Å². The summed E-state index contributed by atoms with van der Waals surface area (Å²) in [5.74, 6) is -0.465. The molecule has 1 aliphatic rings. The van der Waals surface area contributed by atoms with Crippen LogP contribution in [0.1, 0.15) is 21.5 Å². The summed E-state index contributed by atoms with van der Waals surface area (Å²) in [6.07, 6.45) is 1.59. The number of methoxy groups -OCH3 is 1. The summed E-state index contributed by atoms with van der Waals surface area (Å²) < 4.78 is 10.8. The predicted molar refractivity (Wildman–Crippen MR) is 132 cm³/mol. The average Bonchev–Trinajstić information content (AvgIpc) is 3.09. The van der Waals surface area contributed by atoms with Crippen LogP contribution in [-0.4, -0.2) is 29.1 Å². The minimum atomic E-state index is -0.566. The molecule has 34 heavy (non-hydrogen) atoms. The summed E-state index contributed by atoms with van der Waals surface area (Å²) in [7, 11) is 1.44. The van der Waals surface area contributed by atoms with E-state index in [0.717, 1.165) is 16.7 Å². The molecular formula is C25H17Cl2NO5S. The molecule has 0 radical (unpaired) electrons. The van der Waals surface area contributed by atoms with Gasteiger partial charge in [-0.2, -0.15) is 0 Å². The van der Waals surface area contributed by atoms with E-state index in [-0.39, 0.29) is 22.4 Å². The number of hydrogen-bond donors (Lipinski definition) is 0. The van der Waals surface area contributed by atoms with Crippen LogP contribution in [0.4, 0.5) is 4.79 Å². The summed E-state index contributed by atoms with van der Waals surface area (Å²) in [6.45, 7) is 0.0879. The molecule has 1 aliphatic heterocycles. The van der Waals surface area contributed by atoms with Gasteiger partial charge in [-0.25, -0.2) is 4.79 Å². The van der Waals surface area contributed by atoms with Gasteiger partial charge < -0.3 is 9.47 Å². The van der Waals surface area contributed by atoms with Crippen molar-refractivity contribution in [2.24, 2.45) is 0 Å². The zero-order valence-electron chi connectivity index (χ0n) is 17.8. The number of halogens is 2. The number of carbonyl (C=O) groups is 3. The van der Waals surface area contributed by atoms with Crippen molar-refractivity contribution in [1.29, 1.82) is 0 Å². The maximum absolute atomic E-state index is 12.8. The zero-order chi connectivity index (χ0) is 24.2. The number of carbonyl (C=O) groups excluding carboxylic acids is 3. The quantitative estimate of drug-likeness (QED) is 0.214. The molecule has 172 valence electrons. The van der Waals surface area contributed by atoms with E-state index in [9.17, 15) is 14.4 Å². The van der Waals surface area contributed by atoms with E-state index in [1.54, 1.807) is 72.8 Å². The van der Waals surface area contributed by atoms with Gasteiger partial charge in [-0.15, -0.1) is 0 Å². The highest BCUT2D eigenvalue weighted by Gasteiger charge is 2.35. The van der Waals surface area contributed by atoms with Gasteiger partial charge in [0.15, 0.2) is 11.5 Å². The Morgan fingerprint density at radius 2 is 1.74 bits per heavy atom. The van der Waals surface area contributed by atoms with E-state index < -0.39 is 11.9 Å². The highest BCUT2D eigenvalue weighted by Crippen LogP contribution is 2.36. The number of amides is 2. The van der Waals surface area contributed by atoms with Crippen LogP contribution >= 0.6 is 35.0 Å². The summed E-state index contributed by atoms with van der Waals surface area (Å²) in [4.78, 5) is 39.1. The number of rotatable bonds is 6. The Morgan fingerprint density at radius 3 is 2.44 bits per heavy atom. The summed E-state index contributed by atoms with van der Waals surface area (Å²) in [6, 6.07) is 18.2. The number of esters is 1. The second kappa shape index (κ2) is 10.3. The normalized spacial score (nSPS) is 14.6. The first-order chi connectivity index (χ1) is 16.4. The second-order valence-electron chi connectivity index (χ2n) is 7.17. The Morgan fingerprint density at radius 1 is 1.00 bits per heavy atom. The molecule has 6 nitrogen and oxygen atoms in total. The minimum absolute atomic E-state index is 0.0879. The summed E-state index contributed by atoms with van der Waals surface area (Å²) in [5.41, 5.74) is 1.62. The molecule has 0 saturated carbocycles. The summed E-state index contributed by atoms with van der Waals surface area (Å²) in [5, 5.41) is 0.616. The topological polar surface area (TPSA) is 72.9 Å². The highest BCUT2D eigenvalue weighted by molar-refractivity contribution is 8.18. The first kappa shape index (κ1) is 23.9. The molecule has 0 aromatic heterocycles. The van der Waals surface area contributed by atoms with Crippen molar-refractivity contribution in [3.05, 3.63) is 98.4 Å². The fourth-order valence-corrected chi connectivity index (χ4v) is 4.35. The van der Waals surface area contributed by atoms with Crippen molar-refractivity contribution in [1.82, 2.24) is 4.90 Å². The van der Waals surface area contributed by atoms with Gasteiger partial charge in [0.25, 0.3) is 11.1 Å². The van der Waals surface area contributed by atoms with E-state index >= 15 is 0 Å². The van der Waals surface area contributed by atoms with Gasteiger partial charge in [0, 0.05) is 10.0 Å². The molecule has 1 fully saturated rings. The molecule has 2 amide bonds. The Kier molecular flexibility index (Phi) is 7.26. The molecule has 1 heterocycles. The molecule has 0 unspecified atom stereocenters. The van der Waals surface area contributed by atoms with Gasteiger partial charge in [-0.3, -0.25) is 14.5 Å². The van der Waals surface area contributed by atoms with Crippen molar-refractivity contribution >= 4 is 58.2 Å². The number of hydrogen-bond acceptors (Lipinski definition) is 6. The molecule has 3 aromatic carbocycles. The van der Waals surface area contributed by atoms with Crippen LogP contribution in [0, 0.1) is 0 Å². The maximum Gasteiger partial charge on any atom is 0.343 e. The molecule has 0 N–H and O–H groups in total. The van der Waals surface area contributed by atoms with Crippen LogP contribution in [0.25, 0.3) is 6.08 Å². The van der Waals surface area contributed by atoms with Crippen molar-refractivity contribution in [2.75, 3.05) is 7.11 Å². The molecule has 0 aliphatic carbocycles. The number of benzene rings is 3. The molecule has 9 heteroatoms. The molecule has 3 aromatic rings. The third-order valence-electron chi connectivity index (χ3n) is 4.93. The number of imide groups is 1.